The Morgan fingerprint density at radius 2 is 1.92 bits per heavy atom. The number of nitrogens with one attached hydrogen (secondary N) is 1. The summed E-state index contributed by atoms with van der Waals surface area (Å²) in [5.41, 5.74) is 4.70. The lowest BCUT2D eigenvalue weighted by Gasteiger charge is -2.01. The second-order valence-corrected chi connectivity index (χ2v) is 6.78. The third-order valence-corrected chi connectivity index (χ3v) is 5.01. The molecule has 0 aliphatic heterocycles. The lowest BCUT2D eigenvalue weighted by atomic mass is 10.2. The van der Waals surface area contributed by atoms with Gasteiger partial charge < -0.3 is 0 Å². The van der Waals surface area contributed by atoms with Crippen molar-refractivity contribution in [1.29, 1.82) is 0 Å². The average molecular weight is 355 g/mol. The zero-order chi connectivity index (χ0) is 16.5. The SMILES string of the molecule is O=C(Nc1nc(-c2ccc(F)cc2)cs1)c1ccc2ncsc2c1. The van der Waals surface area contributed by atoms with Crippen LogP contribution in [0.5, 0.6) is 0 Å². The van der Waals surface area contributed by atoms with Crippen LogP contribution in [0.15, 0.2) is 53.4 Å². The van der Waals surface area contributed by atoms with E-state index in [1.807, 2.05) is 17.5 Å². The van der Waals surface area contributed by atoms with E-state index in [9.17, 15) is 9.18 Å². The smallest absolute Gasteiger partial charge is 0.257 e. The summed E-state index contributed by atoms with van der Waals surface area (Å²) >= 11 is 2.82. The summed E-state index contributed by atoms with van der Waals surface area (Å²) in [6.07, 6.45) is 0. The number of anilines is 1. The number of hydrogen-bond donors (Lipinski definition) is 1. The quantitative estimate of drug-likeness (QED) is 0.574. The van der Waals surface area contributed by atoms with Gasteiger partial charge in [0.25, 0.3) is 5.91 Å². The van der Waals surface area contributed by atoms with Crippen LogP contribution < -0.4 is 5.32 Å². The van der Waals surface area contributed by atoms with Crippen molar-refractivity contribution in [3.05, 3.63) is 64.7 Å². The number of nitrogens with zero attached hydrogens (tertiary/aromatic N) is 2. The monoisotopic (exact) mass is 355 g/mol. The van der Waals surface area contributed by atoms with E-state index in [0.29, 0.717) is 16.4 Å². The lowest BCUT2D eigenvalue weighted by molar-refractivity contribution is 0.102. The normalized spacial score (nSPS) is 10.9. The van der Waals surface area contributed by atoms with Crippen molar-refractivity contribution in [3.63, 3.8) is 0 Å². The van der Waals surface area contributed by atoms with Crippen molar-refractivity contribution in [1.82, 2.24) is 9.97 Å². The van der Waals surface area contributed by atoms with E-state index in [2.05, 4.69) is 15.3 Å². The first-order valence-corrected chi connectivity index (χ1v) is 8.81. The molecule has 0 bridgehead atoms. The first kappa shape index (κ1) is 14.9. The van der Waals surface area contributed by atoms with E-state index in [-0.39, 0.29) is 11.7 Å². The number of benzene rings is 2. The molecule has 24 heavy (non-hydrogen) atoms. The van der Waals surface area contributed by atoms with Gasteiger partial charge in [-0.1, -0.05) is 0 Å². The Bertz CT molecular complexity index is 1020. The molecule has 4 aromatic rings. The first-order chi connectivity index (χ1) is 11.7. The van der Waals surface area contributed by atoms with Gasteiger partial charge in [0.1, 0.15) is 5.82 Å². The molecule has 0 radical (unpaired) electrons. The number of hydrogen-bond acceptors (Lipinski definition) is 5. The van der Waals surface area contributed by atoms with Crippen LogP contribution in [0.2, 0.25) is 0 Å². The Morgan fingerprint density at radius 1 is 1.08 bits per heavy atom. The van der Waals surface area contributed by atoms with Gasteiger partial charge in [-0.15, -0.1) is 22.7 Å². The van der Waals surface area contributed by atoms with Crippen LogP contribution in [0, 0.1) is 5.82 Å². The van der Waals surface area contributed by atoms with Crippen LogP contribution in [-0.2, 0) is 0 Å². The largest absolute Gasteiger partial charge is 0.298 e. The highest BCUT2D eigenvalue weighted by Crippen LogP contribution is 2.26. The van der Waals surface area contributed by atoms with Gasteiger partial charge in [0.05, 0.1) is 21.4 Å². The van der Waals surface area contributed by atoms with Crippen molar-refractivity contribution in [2.45, 2.75) is 0 Å². The summed E-state index contributed by atoms with van der Waals surface area (Å²) in [6.45, 7) is 0. The standard InChI is InChI=1S/C17H10FN3OS2/c18-12-4-1-10(2-5-12)14-8-23-17(20-14)21-16(22)11-3-6-13-15(7-11)24-9-19-13/h1-9H,(H,20,21,22). The summed E-state index contributed by atoms with van der Waals surface area (Å²) in [6, 6.07) is 11.5. The number of rotatable bonds is 3. The molecule has 2 aromatic carbocycles. The van der Waals surface area contributed by atoms with E-state index < -0.39 is 0 Å². The van der Waals surface area contributed by atoms with Crippen LogP contribution in [0.4, 0.5) is 9.52 Å². The number of amides is 1. The maximum atomic E-state index is 13.0. The molecule has 0 unspecified atom stereocenters. The van der Waals surface area contributed by atoms with Crippen LogP contribution in [0.3, 0.4) is 0 Å². The molecule has 0 atom stereocenters. The fraction of sp³-hybridized carbons (Fsp3) is 0. The van der Waals surface area contributed by atoms with Crippen molar-refractivity contribution in [2.75, 3.05) is 5.32 Å². The molecular formula is C17H10FN3OS2. The van der Waals surface area contributed by atoms with Gasteiger partial charge in [-0.05, 0) is 42.5 Å². The molecule has 1 N–H and O–H groups in total. The highest BCUT2D eigenvalue weighted by Gasteiger charge is 2.11. The highest BCUT2D eigenvalue weighted by molar-refractivity contribution is 7.16. The molecule has 4 rings (SSSR count). The topological polar surface area (TPSA) is 54.9 Å². The fourth-order valence-corrected chi connectivity index (χ4v) is 3.68. The van der Waals surface area contributed by atoms with E-state index in [1.54, 1.807) is 23.7 Å². The molecule has 2 heterocycles. The zero-order valence-corrected chi connectivity index (χ0v) is 13.8. The predicted octanol–water partition coefficient (Wildman–Crippen LogP) is 4.81. The molecule has 118 valence electrons. The van der Waals surface area contributed by atoms with Crippen LogP contribution in [-0.4, -0.2) is 15.9 Å². The van der Waals surface area contributed by atoms with Crippen molar-refractivity contribution < 1.29 is 9.18 Å². The van der Waals surface area contributed by atoms with Gasteiger partial charge in [-0.25, -0.2) is 14.4 Å². The number of aromatic nitrogens is 2. The summed E-state index contributed by atoms with van der Waals surface area (Å²) in [7, 11) is 0. The molecule has 0 saturated heterocycles. The fourth-order valence-electron chi connectivity index (χ4n) is 2.25. The molecule has 0 fully saturated rings. The summed E-state index contributed by atoms with van der Waals surface area (Å²) < 4.78 is 13.9. The van der Waals surface area contributed by atoms with E-state index in [0.717, 1.165) is 15.8 Å². The first-order valence-electron chi connectivity index (χ1n) is 7.05. The van der Waals surface area contributed by atoms with Crippen molar-refractivity contribution in [2.24, 2.45) is 0 Å². The molecule has 2 aromatic heterocycles. The molecule has 7 heteroatoms. The van der Waals surface area contributed by atoms with Gasteiger partial charge in [-0.2, -0.15) is 0 Å². The maximum Gasteiger partial charge on any atom is 0.257 e. The Kier molecular flexibility index (Phi) is 3.79. The molecule has 0 aliphatic carbocycles. The average Bonchev–Trinajstić information content (AvgIpc) is 3.24. The Balaban J connectivity index is 1.54. The van der Waals surface area contributed by atoms with Crippen LogP contribution in [0.1, 0.15) is 10.4 Å². The summed E-state index contributed by atoms with van der Waals surface area (Å²) in [5.74, 6) is -0.508. The molecule has 0 aliphatic rings. The minimum Gasteiger partial charge on any atom is -0.298 e. The number of carbonyl (C=O) groups excluding carboxylic acids is 1. The number of fused-ring (bicyclic) bond motifs is 1. The minimum atomic E-state index is -0.291. The Labute approximate surface area is 144 Å². The zero-order valence-electron chi connectivity index (χ0n) is 12.2. The van der Waals surface area contributed by atoms with Gasteiger partial charge in [0.15, 0.2) is 5.13 Å². The lowest BCUT2D eigenvalue weighted by Crippen LogP contribution is -2.11. The van der Waals surface area contributed by atoms with E-state index >= 15 is 0 Å². The molecule has 0 saturated carbocycles. The second kappa shape index (κ2) is 6.10. The van der Waals surface area contributed by atoms with Crippen molar-refractivity contribution in [3.8, 4) is 11.3 Å². The molecule has 1 amide bonds. The molecule has 0 spiro atoms. The predicted molar refractivity (Wildman–Crippen MR) is 95.1 cm³/mol. The highest BCUT2D eigenvalue weighted by atomic mass is 32.1. The maximum absolute atomic E-state index is 13.0. The summed E-state index contributed by atoms with van der Waals surface area (Å²) in [4.78, 5) is 20.9. The Hall–Kier alpha value is -2.64. The molecule has 4 nitrogen and oxygen atoms in total. The van der Waals surface area contributed by atoms with Gasteiger partial charge in [-0.3, -0.25) is 10.1 Å². The number of halogens is 1. The van der Waals surface area contributed by atoms with E-state index in [1.165, 1.54) is 34.8 Å². The van der Waals surface area contributed by atoms with Crippen LogP contribution in [0.25, 0.3) is 21.5 Å². The van der Waals surface area contributed by atoms with Gasteiger partial charge in [0.2, 0.25) is 0 Å². The van der Waals surface area contributed by atoms with E-state index in [4.69, 9.17) is 0 Å². The van der Waals surface area contributed by atoms with Gasteiger partial charge in [0, 0.05) is 16.5 Å². The Morgan fingerprint density at radius 3 is 2.75 bits per heavy atom. The second-order valence-electron chi connectivity index (χ2n) is 5.03. The number of carbonyl (C=O) groups is 1. The summed E-state index contributed by atoms with van der Waals surface area (Å²) in [5, 5.41) is 5.13. The van der Waals surface area contributed by atoms with Gasteiger partial charge >= 0.3 is 0 Å². The minimum absolute atomic E-state index is 0.217. The molecular weight excluding hydrogens is 345 g/mol. The third-order valence-electron chi connectivity index (χ3n) is 3.46. The third kappa shape index (κ3) is 2.91. The van der Waals surface area contributed by atoms with Crippen molar-refractivity contribution >= 4 is 43.9 Å². The number of thiazole rings is 2. The van der Waals surface area contributed by atoms with Crippen LogP contribution >= 0.6 is 22.7 Å².